The van der Waals surface area contributed by atoms with Crippen molar-refractivity contribution in [3.63, 3.8) is 0 Å². The summed E-state index contributed by atoms with van der Waals surface area (Å²) in [6.07, 6.45) is 1.54. The molecule has 3 amide bonds. The van der Waals surface area contributed by atoms with E-state index in [9.17, 15) is 29.1 Å². The van der Waals surface area contributed by atoms with Crippen molar-refractivity contribution in [2.24, 2.45) is 5.73 Å². The topological polar surface area (TPSA) is 188 Å². The van der Waals surface area contributed by atoms with Gasteiger partial charge in [0.2, 0.25) is 17.7 Å². The molecule has 11 nitrogen and oxygen atoms in total. The Morgan fingerprint density at radius 1 is 0.914 bits per heavy atom. The molecular weight excluding hydrogens is 496 g/mol. The zero-order chi connectivity index (χ0) is 26.4. The summed E-state index contributed by atoms with van der Waals surface area (Å²) in [5.41, 5.74) is 6.54. The molecule has 1 aromatic rings. The van der Waals surface area contributed by atoms with Gasteiger partial charge in [0, 0.05) is 18.6 Å². The van der Waals surface area contributed by atoms with E-state index in [0.717, 1.165) is 0 Å². The molecule has 1 aromatic carbocycles. The number of carboxylic acids is 2. The zero-order valence-electron chi connectivity index (χ0n) is 19.3. The fourth-order valence-corrected chi connectivity index (χ4v) is 3.72. The number of nitrogens with two attached hydrogens (primary N) is 1. The number of amides is 3. The number of thioether (sulfide) groups is 1. The number of hydrogen-bond donors (Lipinski definition) is 7. The lowest BCUT2D eigenvalue weighted by Gasteiger charge is -2.24. The number of benzene rings is 1. The van der Waals surface area contributed by atoms with Gasteiger partial charge < -0.3 is 31.9 Å². The van der Waals surface area contributed by atoms with Gasteiger partial charge in [0.1, 0.15) is 18.1 Å². The van der Waals surface area contributed by atoms with E-state index in [1.54, 1.807) is 30.3 Å². The van der Waals surface area contributed by atoms with Gasteiger partial charge in [0.25, 0.3) is 0 Å². The maximum Gasteiger partial charge on any atom is 0.326 e. The molecule has 0 aliphatic heterocycles. The molecule has 4 atom stereocenters. The van der Waals surface area contributed by atoms with Gasteiger partial charge in [0.15, 0.2) is 0 Å². The molecule has 194 valence electrons. The minimum absolute atomic E-state index is 0.0319. The molecule has 0 aromatic heterocycles. The third-order valence-corrected chi connectivity index (χ3v) is 5.97. The number of carboxylic acid groups (broad SMARTS) is 2. The van der Waals surface area contributed by atoms with Crippen LogP contribution in [0.4, 0.5) is 0 Å². The van der Waals surface area contributed by atoms with E-state index in [4.69, 9.17) is 10.8 Å². The van der Waals surface area contributed by atoms with E-state index in [1.807, 2.05) is 6.26 Å². The summed E-state index contributed by atoms with van der Waals surface area (Å²) >= 11 is 5.65. The Bertz CT molecular complexity index is 873. The number of thiol groups is 1. The molecule has 0 aliphatic rings. The van der Waals surface area contributed by atoms with Gasteiger partial charge in [-0.1, -0.05) is 30.3 Å². The summed E-state index contributed by atoms with van der Waals surface area (Å²) < 4.78 is 0. The largest absolute Gasteiger partial charge is 0.481 e. The third-order valence-electron chi connectivity index (χ3n) is 4.96. The molecule has 0 aliphatic carbocycles. The first-order valence-corrected chi connectivity index (χ1v) is 12.9. The normalized spacial score (nSPS) is 14.1. The van der Waals surface area contributed by atoms with Crippen molar-refractivity contribution < 1.29 is 34.2 Å². The molecule has 0 saturated heterocycles. The Hall–Kier alpha value is -2.77. The van der Waals surface area contributed by atoms with Crippen molar-refractivity contribution in [1.29, 1.82) is 0 Å². The number of aliphatic carboxylic acids is 2. The van der Waals surface area contributed by atoms with Crippen LogP contribution < -0.4 is 21.7 Å². The molecule has 4 unspecified atom stereocenters. The van der Waals surface area contributed by atoms with E-state index in [2.05, 4.69) is 28.6 Å². The highest BCUT2D eigenvalue weighted by molar-refractivity contribution is 7.98. The molecule has 1 rings (SSSR count). The standard InChI is InChI=1S/C22H32N4O7S2/c1-35-10-9-14(23)19(29)26-17(12-34)21(31)25-16(11-13-5-3-2-4-6-13)20(30)24-15(22(32)33)7-8-18(27)28/h2-6,14-17,34H,7-12,23H2,1H3,(H,24,30)(H,25,31)(H,26,29)(H,27,28)(H,32,33). The summed E-state index contributed by atoms with van der Waals surface area (Å²) in [6.45, 7) is 0. The lowest BCUT2D eigenvalue weighted by molar-refractivity contribution is -0.143. The molecule has 35 heavy (non-hydrogen) atoms. The molecule has 7 N–H and O–H groups in total. The van der Waals surface area contributed by atoms with Crippen LogP contribution in [0.1, 0.15) is 24.8 Å². The number of rotatable bonds is 16. The van der Waals surface area contributed by atoms with E-state index in [-0.39, 0.29) is 18.6 Å². The lowest BCUT2D eigenvalue weighted by Crippen LogP contribution is -2.58. The van der Waals surface area contributed by atoms with E-state index < -0.39 is 60.2 Å². The molecule has 0 bridgehead atoms. The second-order valence-corrected chi connectivity index (χ2v) is 9.07. The van der Waals surface area contributed by atoms with Crippen LogP contribution in [0.15, 0.2) is 30.3 Å². The molecule has 0 spiro atoms. The molecule has 0 saturated carbocycles. The fourth-order valence-electron chi connectivity index (χ4n) is 2.98. The maximum atomic E-state index is 12.9. The van der Waals surface area contributed by atoms with Crippen molar-refractivity contribution in [1.82, 2.24) is 16.0 Å². The Kier molecular flexibility index (Phi) is 13.8. The van der Waals surface area contributed by atoms with E-state index in [1.165, 1.54) is 11.8 Å². The number of carbonyl (C=O) groups excluding carboxylic acids is 3. The van der Waals surface area contributed by atoms with Gasteiger partial charge in [-0.25, -0.2) is 4.79 Å². The first kappa shape index (κ1) is 30.3. The quantitative estimate of drug-likeness (QED) is 0.141. The van der Waals surface area contributed by atoms with Crippen molar-refractivity contribution in [3.8, 4) is 0 Å². The Morgan fingerprint density at radius 2 is 1.49 bits per heavy atom. The van der Waals surface area contributed by atoms with Crippen LogP contribution in [0.2, 0.25) is 0 Å². The first-order chi connectivity index (χ1) is 16.6. The van der Waals surface area contributed by atoms with E-state index in [0.29, 0.717) is 17.7 Å². The SMILES string of the molecule is CSCCC(N)C(=O)NC(CS)C(=O)NC(Cc1ccccc1)C(=O)NC(CCC(=O)O)C(=O)O. The second-order valence-electron chi connectivity index (χ2n) is 7.71. The molecule has 0 radical (unpaired) electrons. The summed E-state index contributed by atoms with van der Waals surface area (Å²) in [6, 6.07) is 4.17. The summed E-state index contributed by atoms with van der Waals surface area (Å²) in [5, 5.41) is 25.6. The van der Waals surface area contributed by atoms with Crippen LogP contribution in [0.25, 0.3) is 0 Å². The Labute approximate surface area is 213 Å². The van der Waals surface area contributed by atoms with Gasteiger partial charge >= 0.3 is 11.9 Å². The fraction of sp³-hybridized carbons (Fsp3) is 0.500. The monoisotopic (exact) mass is 528 g/mol. The van der Waals surface area contributed by atoms with Gasteiger partial charge in [-0.15, -0.1) is 0 Å². The number of nitrogens with one attached hydrogen (secondary N) is 3. The van der Waals surface area contributed by atoms with Gasteiger partial charge in [-0.05, 0) is 30.4 Å². The predicted molar refractivity (Wildman–Crippen MR) is 135 cm³/mol. The van der Waals surface area contributed by atoms with Crippen LogP contribution in [-0.2, 0) is 30.4 Å². The van der Waals surface area contributed by atoms with Crippen molar-refractivity contribution >= 4 is 54.1 Å². The smallest absolute Gasteiger partial charge is 0.326 e. The van der Waals surface area contributed by atoms with Crippen LogP contribution in [0, 0.1) is 0 Å². The summed E-state index contributed by atoms with van der Waals surface area (Å²) in [7, 11) is 0. The van der Waals surface area contributed by atoms with Crippen LogP contribution >= 0.6 is 24.4 Å². The highest BCUT2D eigenvalue weighted by Crippen LogP contribution is 2.07. The van der Waals surface area contributed by atoms with Gasteiger partial charge in [-0.2, -0.15) is 24.4 Å². The van der Waals surface area contributed by atoms with Crippen molar-refractivity contribution in [2.45, 2.75) is 49.9 Å². The van der Waals surface area contributed by atoms with Gasteiger partial charge in [-0.3, -0.25) is 19.2 Å². The van der Waals surface area contributed by atoms with Crippen LogP contribution in [0.3, 0.4) is 0 Å². The van der Waals surface area contributed by atoms with E-state index >= 15 is 0 Å². The Balaban J connectivity index is 2.98. The van der Waals surface area contributed by atoms with Crippen molar-refractivity contribution in [3.05, 3.63) is 35.9 Å². The molecule has 0 fully saturated rings. The number of hydrogen-bond acceptors (Lipinski definition) is 8. The predicted octanol–water partition coefficient (Wildman–Crippen LogP) is -0.357. The first-order valence-electron chi connectivity index (χ1n) is 10.8. The maximum absolute atomic E-state index is 12.9. The summed E-state index contributed by atoms with van der Waals surface area (Å²) in [5.74, 6) is -4.04. The van der Waals surface area contributed by atoms with Gasteiger partial charge in [0.05, 0.1) is 6.04 Å². The number of carbonyl (C=O) groups is 5. The molecular formula is C22H32N4O7S2. The minimum Gasteiger partial charge on any atom is -0.481 e. The zero-order valence-corrected chi connectivity index (χ0v) is 21.0. The molecule has 13 heteroatoms. The minimum atomic E-state index is -1.46. The van der Waals surface area contributed by atoms with Crippen LogP contribution in [-0.4, -0.2) is 81.8 Å². The lowest BCUT2D eigenvalue weighted by atomic mass is 10.0. The average molecular weight is 529 g/mol. The second kappa shape index (κ2) is 16.0. The summed E-state index contributed by atoms with van der Waals surface area (Å²) in [4.78, 5) is 60.5. The molecule has 0 heterocycles. The average Bonchev–Trinajstić information content (AvgIpc) is 2.82. The van der Waals surface area contributed by atoms with Crippen LogP contribution in [0.5, 0.6) is 0 Å². The third kappa shape index (κ3) is 11.5. The highest BCUT2D eigenvalue weighted by Gasteiger charge is 2.30. The Morgan fingerprint density at radius 3 is 2.03 bits per heavy atom. The highest BCUT2D eigenvalue weighted by atomic mass is 32.2. The van der Waals surface area contributed by atoms with Crippen molar-refractivity contribution in [2.75, 3.05) is 17.8 Å².